The molecule has 1 aliphatic heterocycles. The van der Waals surface area contributed by atoms with Crippen LogP contribution in [0.4, 0.5) is 4.39 Å². The molecule has 35 heavy (non-hydrogen) atoms. The van der Waals surface area contributed by atoms with Crippen LogP contribution in [0.5, 0.6) is 0 Å². The molecule has 1 aliphatic rings. The number of unbranched alkanes of at least 4 members (excludes halogenated alkanes) is 3. The van der Waals surface area contributed by atoms with Crippen LogP contribution in [0.3, 0.4) is 0 Å². The number of carboxylic acid groups (broad SMARTS) is 1. The first-order valence-corrected chi connectivity index (χ1v) is 13.2. The summed E-state index contributed by atoms with van der Waals surface area (Å²) in [7, 11) is 0. The lowest BCUT2D eigenvalue weighted by molar-refractivity contribution is -0.145. The van der Waals surface area contributed by atoms with Crippen molar-refractivity contribution in [3.8, 4) is 0 Å². The number of carboxylic acids is 1. The zero-order valence-electron chi connectivity index (χ0n) is 19.6. The smallest absolute Gasteiger partial charge is 0.307 e. The summed E-state index contributed by atoms with van der Waals surface area (Å²) in [6.07, 6.45) is 4.78. The van der Waals surface area contributed by atoms with Crippen molar-refractivity contribution in [1.82, 2.24) is 10.2 Å². The zero-order valence-corrected chi connectivity index (χ0v) is 20.4. The molecule has 188 valence electrons. The van der Waals surface area contributed by atoms with E-state index in [9.17, 15) is 23.3 Å². The molecule has 3 rings (SSSR count). The van der Waals surface area contributed by atoms with Crippen molar-refractivity contribution >= 4 is 29.0 Å². The molecule has 2 amide bonds. The van der Waals surface area contributed by atoms with E-state index in [0.29, 0.717) is 12.1 Å². The number of benzene rings is 2. The number of amides is 2. The largest absolute Gasteiger partial charge is 0.614 e. The summed E-state index contributed by atoms with van der Waals surface area (Å²) in [5.41, 5.74) is 2.57. The first-order chi connectivity index (χ1) is 16.8. The van der Waals surface area contributed by atoms with E-state index in [1.165, 1.54) is 17.0 Å². The summed E-state index contributed by atoms with van der Waals surface area (Å²) in [5.74, 6) is -1.35. The normalized spacial score (nSPS) is 16.0. The van der Waals surface area contributed by atoms with Gasteiger partial charge >= 0.3 is 5.97 Å². The van der Waals surface area contributed by atoms with E-state index >= 15 is 0 Å². The van der Waals surface area contributed by atoms with E-state index in [4.69, 9.17) is 5.11 Å². The van der Waals surface area contributed by atoms with Gasteiger partial charge in [-0.05, 0) is 53.7 Å². The Hall–Kier alpha value is -2.91. The number of hydrogen-bond donors (Lipinski definition) is 2. The second-order valence-electron chi connectivity index (χ2n) is 8.73. The van der Waals surface area contributed by atoms with Crippen molar-refractivity contribution in [2.45, 2.75) is 56.1 Å². The quantitative estimate of drug-likeness (QED) is 0.234. The van der Waals surface area contributed by atoms with Crippen LogP contribution in [0.15, 0.2) is 48.5 Å². The molecule has 1 heterocycles. The van der Waals surface area contributed by atoms with Crippen LogP contribution in [0.25, 0.3) is 0 Å². The van der Waals surface area contributed by atoms with E-state index in [1.54, 1.807) is 36.4 Å². The topological polar surface area (TPSA) is 110 Å². The second-order valence-corrected chi connectivity index (χ2v) is 10.3. The van der Waals surface area contributed by atoms with Crippen LogP contribution in [0.1, 0.15) is 48.8 Å². The third-order valence-corrected chi connectivity index (χ3v) is 7.60. The van der Waals surface area contributed by atoms with Crippen molar-refractivity contribution in [2.75, 3.05) is 13.1 Å². The van der Waals surface area contributed by atoms with Gasteiger partial charge in [-0.2, -0.15) is 0 Å². The van der Waals surface area contributed by atoms with Crippen molar-refractivity contribution in [3.63, 3.8) is 0 Å². The summed E-state index contributed by atoms with van der Waals surface area (Å²) in [4.78, 5) is 36.4. The number of β-lactam (4-membered cyclic amide) rings is 1. The Balaban J connectivity index is 1.31. The van der Waals surface area contributed by atoms with Gasteiger partial charge in [0, 0.05) is 12.1 Å². The Morgan fingerprint density at radius 2 is 1.63 bits per heavy atom. The molecule has 2 unspecified atom stereocenters. The van der Waals surface area contributed by atoms with Gasteiger partial charge in [0.1, 0.15) is 18.1 Å². The van der Waals surface area contributed by atoms with E-state index < -0.39 is 22.5 Å². The number of likely N-dealkylation sites (tertiary alicyclic amines) is 1. The Morgan fingerprint density at radius 3 is 2.29 bits per heavy atom. The number of aryl methyl sites for hydroxylation is 1. The molecule has 2 aromatic carbocycles. The zero-order chi connectivity index (χ0) is 25.2. The molecule has 0 bridgehead atoms. The highest BCUT2D eigenvalue weighted by molar-refractivity contribution is 7.91. The highest BCUT2D eigenvalue weighted by atomic mass is 32.2. The highest BCUT2D eigenvalue weighted by Crippen LogP contribution is 2.27. The van der Waals surface area contributed by atoms with Gasteiger partial charge in [-0.25, -0.2) is 4.39 Å². The number of nitrogens with zero attached hydrogens (tertiary/aromatic N) is 1. The Kier molecular flexibility index (Phi) is 10.1. The predicted molar refractivity (Wildman–Crippen MR) is 131 cm³/mol. The van der Waals surface area contributed by atoms with Gasteiger partial charge < -0.3 is 15.0 Å². The van der Waals surface area contributed by atoms with Crippen LogP contribution < -0.4 is 5.32 Å². The van der Waals surface area contributed by atoms with Crippen LogP contribution in [-0.2, 0) is 44.2 Å². The Morgan fingerprint density at radius 1 is 1.00 bits per heavy atom. The maximum absolute atomic E-state index is 12.9. The maximum atomic E-state index is 12.9. The van der Waals surface area contributed by atoms with Gasteiger partial charge in [0.05, 0.1) is 12.8 Å². The SMILES string of the molecule is O=C(O)Cc1ccc(C[S+]([O-])C2CC(=O)N2CC(=O)NCCCCCCc2ccc(F)cc2)cc1. The number of aliphatic carboxylic acids is 1. The Bertz CT molecular complexity index is 1000. The van der Waals surface area contributed by atoms with Gasteiger partial charge in [0.15, 0.2) is 5.37 Å². The lowest BCUT2D eigenvalue weighted by Crippen LogP contribution is -2.59. The minimum atomic E-state index is -1.35. The van der Waals surface area contributed by atoms with Gasteiger partial charge in [-0.15, -0.1) is 0 Å². The predicted octanol–water partition coefficient (Wildman–Crippen LogP) is 3.18. The van der Waals surface area contributed by atoms with Crippen LogP contribution in [0, 0.1) is 5.82 Å². The molecule has 7 nitrogen and oxygen atoms in total. The van der Waals surface area contributed by atoms with Gasteiger partial charge in [0.2, 0.25) is 11.8 Å². The van der Waals surface area contributed by atoms with Gasteiger partial charge in [-0.3, -0.25) is 19.3 Å². The van der Waals surface area contributed by atoms with Crippen molar-refractivity contribution in [2.24, 2.45) is 0 Å². The standard InChI is InChI=1S/C26H31FN2O5S/c27-22-12-10-19(11-13-22)5-3-1-2-4-14-28-23(30)17-29-24(31)16-25(29)35(34)18-21-8-6-20(7-9-21)15-26(32)33/h6-13,25H,1-5,14-18H2,(H,28,30)(H,32,33). The lowest BCUT2D eigenvalue weighted by Gasteiger charge is -2.39. The molecule has 2 aromatic rings. The highest BCUT2D eigenvalue weighted by Gasteiger charge is 2.45. The van der Waals surface area contributed by atoms with Crippen molar-refractivity contribution < 1.29 is 28.4 Å². The molecular weight excluding hydrogens is 471 g/mol. The molecule has 1 fully saturated rings. The summed E-state index contributed by atoms with van der Waals surface area (Å²) in [6, 6.07) is 13.4. The molecule has 2 atom stereocenters. The molecule has 0 spiro atoms. The fourth-order valence-corrected chi connectivity index (χ4v) is 5.45. The summed E-state index contributed by atoms with van der Waals surface area (Å²) in [6.45, 7) is 0.422. The molecule has 0 saturated carbocycles. The van der Waals surface area contributed by atoms with Gasteiger partial charge in [0.25, 0.3) is 0 Å². The fourth-order valence-electron chi connectivity index (χ4n) is 3.94. The van der Waals surface area contributed by atoms with Gasteiger partial charge in [-0.1, -0.05) is 49.2 Å². The van der Waals surface area contributed by atoms with E-state index in [-0.39, 0.29) is 42.8 Å². The first kappa shape index (κ1) is 26.7. The molecule has 0 radical (unpaired) electrons. The summed E-state index contributed by atoms with van der Waals surface area (Å²) < 4.78 is 25.7. The summed E-state index contributed by atoms with van der Waals surface area (Å²) >= 11 is -1.35. The minimum absolute atomic E-state index is 0.0701. The first-order valence-electron chi connectivity index (χ1n) is 11.8. The average molecular weight is 503 g/mol. The number of rotatable bonds is 14. The molecule has 0 aromatic heterocycles. The summed E-state index contributed by atoms with van der Waals surface area (Å²) in [5, 5.41) is 11.2. The molecule has 0 aliphatic carbocycles. The molecule has 9 heteroatoms. The third kappa shape index (κ3) is 8.67. The lowest BCUT2D eigenvalue weighted by atomic mass is 10.1. The second kappa shape index (κ2) is 13.3. The number of carbonyl (C=O) groups excluding carboxylic acids is 2. The van der Waals surface area contributed by atoms with Crippen LogP contribution >= 0.6 is 0 Å². The maximum Gasteiger partial charge on any atom is 0.307 e. The van der Waals surface area contributed by atoms with Crippen molar-refractivity contribution in [1.29, 1.82) is 0 Å². The third-order valence-electron chi connectivity index (χ3n) is 5.95. The van der Waals surface area contributed by atoms with Crippen LogP contribution in [-0.4, -0.2) is 50.8 Å². The average Bonchev–Trinajstić information content (AvgIpc) is 2.82. The number of nitrogens with one attached hydrogen (secondary N) is 1. The number of carbonyl (C=O) groups is 3. The van der Waals surface area contributed by atoms with E-state index in [0.717, 1.165) is 43.2 Å². The van der Waals surface area contributed by atoms with E-state index in [2.05, 4.69) is 5.32 Å². The fraction of sp³-hybridized carbons (Fsp3) is 0.423. The Labute approximate surface area is 207 Å². The molecule has 1 saturated heterocycles. The molecular formula is C26H31FN2O5S. The van der Waals surface area contributed by atoms with Crippen LogP contribution in [0.2, 0.25) is 0 Å². The minimum Gasteiger partial charge on any atom is -0.614 e. The van der Waals surface area contributed by atoms with E-state index in [1.807, 2.05) is 0 Å². The van der Waals surface area contributed by atoms with Crippen molar-refractivity contribution in [3.05, 3.63) is 71.0 Å². The molecule has 2 N–H and O–H groups in total. The number of hydrogen-bond acceptors (Lipinski definition) is 4. The number of halogens is 1. The monoisotopic (exact) mass is 502 g/mol.